The Morgan fingerprint density at radius 2 is 1.37 bits per heavy atom. The van der Waals surface area contributed by atoms with E-state index in [9.17, 15) is 9.59 Å². The summed E-state index contributed by atoms with van der Waals surface area (Å²) in [6, 6.07) is 25.8. The summed E-state index contributed by atoms with van der Waals surface area (Å²) in [5.41, 5.74) is 3.34. The second-order valence-electron chi connectivity index (χ2n) is 6.83. The molecule has 0 fully saturated rings. The van der Waals surface area contributed by atoms with Crippen LogP contribution >= 0.6 is 0 Å². The van der Waals surface area contributed by atoms with Gasteiger partial charge in [-0.25, -0.2) is 4.79 Å². The van der Waals surface area contributed by atoms with Gasteiger partial charge in [0.05, 0.1) is 12.6 Å². The monoisotopic (exact) mass is 403 g/mol. The van der Waals surface area contributed by atoms with E-state index in [1.807, 2.05) is 79.7 Å². The number of carbonyl (C=O) groups is 2. The first-order valence-electron chi connectivity index (χ1n) is 9.74. The summed E-state index contributed by atoms with van der Waals surface area (Å²) in [6.07, 6.45) is 0. The molecular weight excluding hydrogens is 378 g/mol. The fraction of sp³-hybridized carbons (Fsp3) is 0.167. The molecule has 0 saturated heterocycles. The minimum atomic E-state index is -0.314. The molecule has 1 unspecified atom stereocenters. The molecule has 3 amide bonds. The largest absolute Gasteiger partial charge is 0.367 e. The van der Waals surface area contributed by atoms with Crippen LogP contribution < -0.4 is 16.0 Å². The first kappa shape index (κ1) is 21.1. The summed E-state index contributed by atoms with van der Waals surface area (Å²) in [6.45, 7) is 2.30. The molecule has 0 aliphatic rings. The Morgan fingerprint density at radius 1 is 0.800 bits per heavy atom. The van der Waals surface area contributed by atoms with Gasteiger partial charge in [-0.05, 0) is 42.3 Å². The Balaban J connectivity index is 1.43. The van der Waals surface area contributed by atoms with Crippen LogP contribution in [0.4, 0.5) is 16.2 Å². The number of anilines is 2. The van der Waals surface area contributed by atoms with E-state index in [-0.39, 0.29) is 24.6 Å². The zero-order valence-electron chi connectivity index (χ0n) is 16.8. The number of hydrogen-bond acceptors (Lipinski definition) is 3. The summed E-state index contributed by atoms with van der Waals surface area (Å²) in [5, 5.41) is 8.46. The Morgan fingerprint density at radius 3 is 2.00 bits per heavy atom. The van der Waals surface area contributed by atoms with Crippen LogP contribution in [0, 0.1) is 0 Å². The topological polar surface area (TPSA) is 79.5 Å². The van der Waals surface area contributed by atoms with Crippen molar-refractivity contribution in [3.05, 3.63) is 96.1 Å². The third kappa shape index (κ3) is 6.76. The van der Waals surface area contributed by atoms with Crippen molar-refractivity contribution in [2.75, 3.05) is 17.2 Å². The highest BCUT2D eigenvalue weighted by Gasteiger charge is 2.10. The Labute approximate surface area is 176 Å². The van der Waals surface area contributed by atoms with Gasteiger partial charge in [0.1, 0.15) is 6.61 Å². The van der Waals surface area contributed by atoms with Gasteiger partial charge in [-0.3, -0.25) is 4.79 Å². The Hall–Kier alpha value is -3.64. The molecular formula is C24H25N3O3. The SMILES string of the molecule is CC(NC(=O)COCc1ccccc1)c1ccc(NC(=O)Nc2ccccc2)cc1. The second-order valence-corrected chi connectivity index (χ2v) is 6.83. The normalized spacial score (nSPS) is 11.4. The van der Waals surface area contributed by atoms with Gasteiger partial charge < -0.3 is 20.7 Å². The lowest BCUT2D eigenvalue weighted by atomic mass is 10.1. The number of rotatable bonds is 8. The highest BCUT2D eigenvalue weighted by molar-refractivity contribution is 5.99. The molecule has 3 N–H and O–H groups in total. The number of hydrogen-bond donors (Lipinski definition) is 3. The Bertz CT molecular complexity index is 944. The highest BCUT2D eigenvalue weighted by Crippen LogP contribution is 2.16. The Kier molecular flexibility index (Phi) is 7.58. The van der Waals surface area contributed by atoms with Crippen molar-refractivity contribution < 1.29 is 14.3 Å². The second kappa shape index (κ2) is 10.8. The van der Waals surface area contributed by atoms with Crippen LogP contribution in [-0.4, -0.2) is 18.5 Å². The maximum atomic E-state index is 12.1. The molecule has 1 atom stereocenters. The van der Waals surface area contributed by atoms with Crippen LogP contribution in [0.2, 0.25) is 0 Å². The predicted molar refractivity (Wildman–Crippen MR) is 118 cm³/mol. The van der Waals surface area contributed by atoms with Crippen molar-refractivity contribution in [2.24, 2.45) is 0 Å². The van der Waals surface area contributed by atoms with Crippen molar-refractivity contribution in [1.82, 2.24) is 5.32 Å². The van der Waals surface area contributed by atoms with Crippen LogP contribution in [0.1, 0.15) is 24.1 Å². The van der Waals surface area contributed by atoms with E-state index in [0.717, 1.165) is 16.8 Å². The lowest BCUT2D eigenvalue weighted by Gasteiger charge is -2.15. The summed E-state index contributed by atoms with van der Waals surface area (Å²) >= 11 is 0. The van der Waals surface area contributed by atoms with Crippen LogP contribution in [0.25, 0.3) is 0 Å². The lowest BCUT2D eigenvalue weighted by Crippen LogP contribution is -2.30. The number of nitrogens with one attached hydrogen (secondary N) is 3. The fourth-order valence-corrected chi connectivity index (χ4v) is 2.87. The van der Waals surface area contributed by atoms with E-state index in [0.29, 0.717) is 12.3 Å². The van der Waals surface area contributed by atoms with Gasteiger partial charge in [-0.15, -0.1) is 0 Å². The first-order chi connectivity index (χ1) is 14.6. The maximum absolute atomic E-state index is 12.1. The van der Waals surface area contributed by atoms with Crippen molar-refractivity contribution in [1.29, 1.82) is 0 Å². The minimum absolute atomic E-state index is 0.00146. The summed E-state index contributed by atoms with van der Waals surface area (Å²) in [4.78, 5) is 24.2. The molecule has 6 heteroatoms. The van der Waals surface area contributed by atoms with Crippen LogP contribution in [0.15, 0.2) is 84.9 Å². The van der Waals surface area contributed by atoms with Gasteiger partial charge in [0, 0.05) is 11.4 Å². The molecule has 0 aliphatic heterocycles. The van der Waals surface area contributed by atoms with Gasteiger partial charge in [0.15, 0.2) is 0 Å². The number of ether oxygens (including phenoxy) is 1. The molecule has 0 bridgehead atoms. The third-order valence-corrected chi connectivity index (χ3v) is 4.42. The molecule has 3 aromatic rings. The summed E-state index contributed by atoms with van der Waals surface area (Å²) < 4.78 is 5.46. The van der Waals surface area contributed by atoms with Gasteiger partial charge >= 0.3 is 6.03 Å². The molecule has 3 rings (SSSR count). The molecule has 0 aromatic heterocycles. The number of para-hydroxylation sites is 1. The van der Waals surface area contributed by atoms with Crippen molar-refractivity contribution in [3.8, 4) is 0 Å². The van der Waals surface area contributed by atoms with E-state index >= 15 is 0 Å². The van der Waals surface area contributed by atoms with E-state index in [1.54, 1.807) is 12.1 Å². The summed E-state index contributed by atoms with van der Waals surface area (Å²) in [5.74, 6) is -0.178. The molecule has 0 heterocycles. The van der Waals surface area contributed by atoms with E-state index in [4.69, 9.17) is 4.74 Å². The quantitative estimate of drug-likeness (QED) is 0.509. The van der Waals surface area contributed by atoms with Gasteiger partial charge in [-0.2, -0.15) is 0 Å². The fourth-order valence-electron chi connectivity index (χ4n) is 2.87. The molecule has 0 saturated carbocycles. The van der Waals surface area contributed by atoms with Crippen LogP contribution in [-0.2, 0) is 16.1 Å². The number of carbonyl (C=O) groups excluding carboxylic acids is 2. The van der Waals surface area contributed by atoms with E-state index in [2.05, 4.69) is 16.0 Å². The maximum Gasteiger partial charge on any atom is 0.323 e. The zero-order valence-corrected chi connectivity index (χ0v) is 16.8. The van der Waals surface area contributed by atoms with Crippen LogP contribution in [0.5, 0.6) is 0 Å². The molecule has 0 aliphatic carbocycles. The molecule has 6 nitrogen and oxygen atoms in total. The number of urea groups is 1. The molecule has 0 radical (unpaired) electrons. The average Bonchev–Trinajstić information content (AvgIpc) is 2.75. The van der Waals surface area contributed by atoms with Gasteiger partial charge in [-0.1, -0.05) is 60.7 Å². The molecule has 154 valence electrons. The van der Waals surface area contributed by atoms with Crippen molar-refractivity contribution in [3.63, 3.8) is 0 Å². The minimum Gasteiger partial charge on any atom is -0.367 e. The molecule has 30 heavy (non-hydrogen) atoms. The smallest absolute Gasteiger partial charge is 0.323 e. The zero-order chi connectivity index (χ0) is 21.2. The predicted octanol–water partition coefficient (Wildman–Crippen LogP) is 4.72. The van der Waals surface area contributed by atoms with Crippen molar-refractivity contribution in [2.45, 2.75) is 19.6 Å². The lowest BCUT2D eigenvalue weighted by molar-refractivity contribution is -0.126. The average molecular weight is 403 g/mol. The van der Waals surface area contributed by atoms with E-state index in [1.165, 1.54) is 0 Å². The van der Waals surface area contributed by atoms with Crippen molar-refractivity contribution >= 4 is 23.3 Å². The molecule has 0 spiro atoms. The third-order valence-electron chi connectivity index (χ3n) is 4.42. The first-order valence-corrected chi connectivity index (χ1v) is 9.74. The van der Waals surface area contributed by atoms with Gasteiger partial charge in [0.2, 0.25) is 5.91 Å². The number of benzene rings is 3. The molecule has 3 aromatic carbocycles. The highest BCUT2D eigenvalue weighted by atomic mass is 16.5. The summed E-state index contributed by atoms with van der Waals surface area (Å²) in [7, 11) is 0. The standard InChI is InChI=1S/C24H25N3O3/c1-18(25-23(28)17-30-16-19-8-4-2-5-9-19)20-12-14-22(15-13-20)27-24(29)26-21-10-6-3-7-11-21/h2-15,18H,16-17H2,1H3,(H,25,28)(H2,26,27,29). The number of amides is 3. The van der Waals surface area contributed by atoms with E-state index < -0.39 is 0 Å². The van der Waals surface area contributed by atoms with Gasteiger partial charge in [0.25, 0.3) is 0 Å². The van der Waals surface area contributed by atoms with Crippen LogP contribution in [0.3, 0.4) is 0 Å².